The minimum atomic E-state index is -0.880. The van der Waals surface area contributed by atoms with E-state index in [0.29, 0.717) is 50.1 Å². The number of benzene rings is 2. The predicted molar refractivity (Wildman–Crippen MR) is 174 cm³/mol. The number of carbonyl (C=O) groups is 3. The molecule has 4 aliphatic rings. The molecule has 0 bridgehead atoms. The predicted octanol–water partition coefficient (Wildman–Crippen LogP) is 5.62. The van der Waals surface area contributed by atoms with Crippen molar-refractivity contribution in [1.29, 1.82) is 0 Å². The van der Waals surface area contributed by atoms with Crippen molar-refractivity contribution in [2.45, 2.75) is 57.9 Å². The number of nitrogens with one attached hydrogen (secondary N) is 1. The number of hydrogen-bond acceptors (Lipinski definition) is 5. The van der Waals surface area contributed by atoms with E-state index in [1.807, 2.05) is 11.1 Å². The van der Waals surface area contributed by atoms with Gasteiger partial charge in [0.2, 0.25) is 5.91 Å². The minimum Gasteiger partial charge on any atom is -0.453 e. The SMILES string of the molecule is COC(=O)N1CCC2(CC1)N=C(c1ccc(-c3cc(C)c4[nH]ccc4c3)cc1)N(CC(C)C1CCCN(C(=O)C3CC3)C1)C2=O. The van der Waals surface area contributed by atoms with E-state index in [9.17, 15) is 14.4 Å². The highest BCUT2D eigenvalue weighted by molar-refractivity contribution is 6.15. The number of piperidine rings is 2. The van der Waals surface area contributed by atoms with Gasteiger partial charge in [0.05, 0.1) is 7.11 Å². The van der Waals surface area contributed by atoms with Crippen molar-refractivity contribution in [2.75, 3.05) is 39.8 Å². The zero-order valence-electron chi connectivity index (χ0n) is 26.6. The summed E-state index contributed by atoms with van der Waals surface area (Å²) in [6.45, 7) is 7.36. The number of aromatic amines is 1. The zero-order chi connectivity index (χ0) is 31.3. The number of rotatable bonds is 6. The summed E-state index contributed by atoms with van der Waals surface area (Å²) in [4.78, 5) is 53.6. The van der Waals surface area contributed by atoms with Crippen molar-refractivity contribution in [3.05, 3.63) is 59.8 Å². The number of hydrogen-bond donors (Lipinski definition) is 1. The van der Waals surface area contributed by atoms with Crippen molar-refractivity contribution in [1.82, 2.24) is 19.7 Å². The van der Waals surface area contributed by atoms with Gasteiger partial charge in [-0.05, 0) is 92.2 Å². The van der Waals surface area contributed by atoms with Crippen LogP contribution < -0.4 is 0 Å². The Morgan fingerprint density at radius 1 is 1.00 bits per heavy atom. The first-order valence-corrected chi connectivity index (χ1v) is 16.5. The Labute approximate surface area is 264 Å². The molecule has 2 aromatic carbocycles. The summed E-state index contributed by atoms with van der Waals surface area (Å²) in [5.74, 6) is 1.81. The summed E-state index contributed by atoms with van der Waals surface area (Å²) in [7, 11) is 1.39. The summed E-state index contributed by atoms with van der Waals surface area (Å²) in [5.41, 5.74) is 4.65. The quantitative estimate of drug-likeness (QED) is 0.392. The number of aliphatic imine (C=N–C) groups is 1. The van der Waals surface area contributed by atoms with E-state index in [1.165, 1.54) is 18.1 Å². The molecule has 3 aliphatic heterocycles. The molecule has 3 fully saturated rings. The van der Waals surface area contributed by atoms with Crippen molar-refractivity contribution in [2.24, 2.45) is 22.7 Å². The number of likely N-dealkylation sites (tertiary alicyclic amines) is 2. The average molecular weight is 610 g/mol. The lowest BCUT2D eigenvalue weighted by Gasteiger charge is -2.38. The Morgan fingerprint density at radius 2 is 1.73 bits per heavy atom. The zero-order valence-corrected chi connectivity index (χ0v) is 26.6. The van der Waals surface area contributed by atoms with Crippen LogP contribution in [0.1, 0.15) is 56.6 Å². The lowest BCUT2D eigenvalue weighted by atomic mass is 9.85. The van der Waals surface area contributed by atoms with Gasteiger partial charge >= 0.3 is 6.09 Å². The van der Waals surface area contributed by atoms with Gasteiger partial charge in [-0.15, -0.1) is 0 Å². The maximum Gasteiger partial charge on any atom is 0.409 e. The molecule has 7 rings (SSSR count). The summed E-state index contributed by atoms with van der Waals surface area (Å²) in [5, 5.41) is 1.18. The van der Waals surface area contributed by atoms with E-state index in [1.54, 1.807) is 4.90 Å². The summed E-state index contributed by atoms with van der Waals surface area (Å²) in [6, 6.07) is 14.9. The molecular weight excluding hydrogens is 566 g/mol. The van der Waals surface area contributed by atoms with Crippen LogP contribution in [0.15, 0.2) is 53.7 Å². The molecule has 9 nitrogen and oxygen atoms in total. The maximum atomic E-state index is 14.3. The van der Waals surface area contributed by atoms with E-state index in [4.69, 9.17) is 9.73 Å². The van der Waals surface area contributed by atoms with Gasteiger partial charge in [0, 0.05) is 61.3 Å². The number of nitrogens with zero attached hydrogens (tertiary/aromatic N) is 4. The number of aryl methyl sites for hydroxylation is 1. The topological polar surface area (TPSA) is 98.3 Å². The van der Waals surface area contributed by atoms with Crippen LogP contribution in [0.5, 0.6) is 0 Å². The van der Waals surface area contributed by atoms with Crippen molar-refractivity contribution < 1.29 is 19.1 Å². The Morgan fingerprint density at radius 3 is 2.44 bits per heavy atom. The van der Waals surface area contributed by atoms with Crippen molar-refractivity contribution in [3.8, 4) is 11.1 Å². The first kappa shape index (κ1) is 29.6. The third-order valence-electron chi connectivity index (χ3n) is 10.5. The molecule has 236 valence electrons. The highest BCUT2D eigenvalue weighted by Gasteiger charge is 2.51. The Hall–Kier alpha value is -4.14. The number of ether oxygens (including phenoxy) is 1. The van der Waals surface area contributed by atoms with Crippen LogP contribution in [0.4, 0.5) is 4.79 Å². The molecule has 2 saturated heterocycles. The minimum absolute atomic E-state index is 0.0215. The molecule has 1 aliphatic carbocycles. The van der Waals surface area contributed by atoms with Gasteiger partial charge < -0.3 is 19.5 Å². The number of methoxy groups -OCH3 is 1. The number of carbonyl (C=O) groups excluding carboxylic acids is 3. The van der Waals surface area contributed by atoms with Gasteiger partial charge in [-0.3, -0.25) is 19.5 Å². The van der Waals surface area contributed by atoms with E-state index >= 15 is 0 Å². The van der Waals surface area contributed by atoms with E-state index in [0.717, 1.165) is 61.0 Å². The molecule has 4 heterocycles. The van der Waals surface area contributed by atoms with Gasteiger partial charge in [-0.1, -0.05) is 31.2 Å². The second-order valence-corrected chi connectivity index (χ2v) is 13.6. The number of amidine groups is 1. The van der Waals surface area contributed by atoms with Crippen molar-refractivity contribution >= 4 is 34.6 Å². The maximum absolute atomic E-state index is 14.3. The molecule has 1 spiro atoms. The van der Waals surface area contributed by atoms with Gasteiger partial charge in [0.1, 0.15) is 11.4 Å². The van der Waals surface area contributed by atoms with Crippen molar-refractivity contribution in [3.63, 3.8) is 0 Å². The molecule has 45 heavy (non-hydrogen) atoms. The molecule has 0 radical (unpaired) electrons. The molecule has 1 N–H and O–H groups in total. The second kappa shape index (κ2) is 11.7. The average Bonchev–Trinajstić information content (AvgIpc) is 3.75. The number of aromatic nitrogens is 1. The number of fused-ring (bicyclic) bond motifs is 1. The smallest absolute Gasteiger partial charge is 0.409 e. The van der Waals surface area contributed by atoms with Crippen LogP contribution in [0.25, 0.3) is 22.0 Å². The van der Waals surface area contributed by atoms with E-state index in [2.05, 4.69) is 66.2 Å². The molecule has 3 amide bonds. The Balaban J connectivity index is 1.15. The molecule has 3 aromatic rings. The van der Waals surface area contributed by atoms with Gasteiger partial charge in [-0.25, -0.2) is 4.79 Å². The van der Waals surface area contributed by atoms with Crippen LogP contribution in [0.2, 0.25) is 0 Å². The monoisotopic (exact) mass is 609 g/mol. The highest BCUT2D eigenvalue weighted by atomic mass is 16.5. The summed E-state index contributed by atoms with van der Waals surface area (Å²) >= 11 is 0. The Bertz CT molecular complexity index is 1650. The summed E-state index contributed by atoms with van der Waals surface area (Å²) < 4.78 is 4.94. The van der Waals surface area contributed by atoms with E-state index < -0.39 is 5.54 Å². The second-order valence-electron chi connectivity index (χ2n) is 13.6. The fourth-order valence-corrected chi connectivity index (χ4v) is 7.60. The fraction of sp³-hybridized carbons (Fsp3) is 0.500. The lowest BCUT2D eigenvalue weighted by Crippen LogP contribution is -2.52. The molecule has 2 atom stereocenters. The largest absolute Gasteiger partial charge is 0.453 e. The van der Waals surface area contributed by atoms with Gasteiger partial charge in [-0.2, -0.15) is 0 Å². The Kier molecular flexibility index (Phi) is 7.66. The molecular formula is C36H43N5O4. The van der Waals surface area contributed by atoms with Crippen LogP contribution >= 0.6 is 0 Å². The normalized spacial score (nSPS) is 22.2. The van der Waals surface area contributed by atoms with E-state index in [-0.39, 0.29) is 23.8 Å². The van der Waals surface area contributed by atoms with Crippen LogP contribution in [0.3, 0.4) is 0 Å². The molecule has 1 aromatic heterocycles. The summed E-state index contributed by atoms with van der Waals surface area (Å²) in [6.07, 6.45) is 6.65. The van der Waals surface area contributed by atoms with Crippen LogP contribution in [-0.4, -0.2) is 88.8 Å². The molecule has 1 saturated carbocycles. The van der Waals surface area contributed by atoms with Gasteiger partial charge in [0.15, 0.2) is 0 Å². The fourth-order valence-electron chi connectivity index (χ4n) is 7.60. The van der Waals surface area contributed by atoms with Crippen LogP contribution in [-0.2, 0) is 14.3 Å². The third kappa shape index (κ3) is 5.51. The molecule has 2 unspecified atom stereocenters. The number of amides is 3. The standard InChI is InChI=1S/C36H43N5O4/c1-23-19-30(20-28-12-15-37-31(23)28)25-6-8-26(9-7-25)32-38-36(13-17-39(18-14-36)35(44)45-3)34(43)41(32)21-24(2)29-5-4-16-40(22-29)33(42)27-10-11-27/h6-9,12,15,19-20,24,27,29,37H,4-5,10-11,13-14,16-18,21-22H2,1-3H3. The highest BCUT2D eigenvalue weighted by Crippen LogP contribution is 2.38. The first-order chi connectivity index (χ1) is 21.8. The molecule has 9 heteroatoms. The van der Waals surface area contributed by atoms with Gasteiger partial charge in [0.25, 0.3) is 5.91 Å². The van der Waals surface area contributed by atoms with Crippen LogP contribution in [0, 0.1) is 24.7 Å². The number of H-pyrrole nitrogens is 1. The first-order valence-electron chi connectivity index (χ1n) is 16.5. The lowest BCUT2D eigenvalue weighted by molar-refractivity contribution is -0.136. The third-order valence-corrected chi connectivity index (χ3v) is 10.5.